The minimum Gasteiger partial charge on any atom is -0.459 e. The van der Waals surface area contributed by atoms with Crippen LogP contribution in [-0.2, 0) is 14.3 Å². The molecule has 172 valence electrons. The summed E-state index contributed by atoms with van der Waals surface area (Å²) in [7, 11) is 0. The summed E-state index contributed by atoms with van der Waals surface area (Å²) < 4.78 is 10.4. The minimum atomic E-state index is -1.18. The lowest BCUT2D eigenvalue weighted by molar-refractivity contribution is -0.162. The lowest BCUT2D eigenvalue weighted by Gasteiger charge is -2.35. The van der Waals surface area contributed by atoms with E-state index in [4.69, 9.17) is 9.15 Å². The van der Waals surface area contributed by atoms with Crippen molar-refractivity contribution in [1.29, 1.82) is 0 Å². The maximum atomic E-state index is 12.8. The molecule has 2 aliphatic rings. The van der Waals surface area contributed by atoms with E-state index in [9.17, 15) is 24.0 Å². The van der Waals surface area contributed by atoms with Gasteiger partial charge in [-0.3, -0.25) is 24.1 Å². The molecule has 2 aromatic rings. The fourth-order valence-corrected chi connectivity index (χ4v) is 3.93. The Kier molecular flexibility index (Phi) is 5.99. The second kappa shape index (κ2) is 8.89. The summed E-state index contributed by atoms with van der Waals surface area (Å²) >= 11 is 0. The molecule has 1 fully saturated rings. The Bertz CT molecular complexity index is 1070. The van der Waals surface area contributed by atoms with Crippen LogP contribution in [0.3, 0.4) is 0 Å². The molecule has 0 N–H and O–H groups in total. The number of hydrogen-bond donors (Lipinski definition) is 0. The number of rotatable bonds is 5. The van der Waals surface area contributed by atoms with Crippen LogP contribution in [0, 0.1) is 0 Å². The molecule has 4 amide bonds. The molecule has 1 saturated heterocycles. The minimum absolute atomic E-state index is 0.230. The number of carbonyl (C=O) groups is 5. The first-order chi connectivity index (χ1) is 15.8. The van der Waals surface area contributed by atoms with Crippen LogP contribution in [0.25, 0.3) is 0 Å². The van der Waals surface area contributed by atoms with E-state index < -0.39 is 35.8 Å². The molecule has 3 heterocycles. The number of nitrogens with zero attached hydrogens (tertiary/aromatic N) is 3. The van der Waals surface area contributed by atoms with Gasteiger partial charge in [-0.25, -0.2) is 4.79 Å². The third-order valence-electron chi connectivity index (χ3n) is 5.81. The third-order valence-corrected chi connectivity index (χ3v) is 5.81. The lowest BCUT2D eigenvalue weighted by Crippen LogP contribution is -2.53. The number of furan rings is 1. The van der Waals surface area contributed by atoms with Crippen LogP contribution in [0.15, 0.2) is 47.1 Å². The van der Waals surface area contributed by atoms with Crippen molar-refractivity contribution in [2.45, 2.75) is 26.0 Å². The number of carbonyl (C=O) groups excluding carboxylic acids is 5. The van der Waals surface area contributed by atoms with Crippen molar-refractivity contribution in [3.63, 3.8) is 0 Å². The maximum absolute atomic E-state index is 12.8. The van der Waals surface area contributed by atoms with E-state index in [2.05, 4.69) is 0 Å². The molecular formula is C23H23N3O7. The summed E-state index contributed by atoms with van der Waals surface area (Å²) in [4.78, 5) is 66.9. The zero-order valence-electron chi connectivity index (χ0n) is 18.2. The lowest BCUT2D eigenvalue weighted by atomic mass is 10.1. The van der Waals surface area contributed by atoms with E-state index in [-0.39, 0.29) is 35.9 Å². The molecule has 0 spiro atoms. The van der Waals surface area contributed by atoms with E-state index in [1.165, 1.54) is 37.1 Å². The second-order valence-corrected chi connectivity index (χ2v) is 7.88. The summed E-state index contributed by atoms with van der Waals surface area (Å²) in [5, 5.41) is 0. The number of piperazine rings is 1. The molecule has 2 aliphatic heterocycles. The van der Waals surface area contributed by atoms with Gasteiger partial charge in [0.25, 0.3) is 23.6 Å². The topological polar surface area (TPSA) is 117 Å². The summed E-state index contributed by atoms with van der Waals surface area (Å²) in [5.74, 6) is -2.42. The van der Waals surface area contributed by atoms with Gasteiger partial charge in [-0.1, -0.05) is 12.1 Å². The Labute approximate surface area is 189 Å². The first kappa shape index (κ1) is 22.3. The van der Waals surface area contributed by atoms with Crippen LogP contribution in [0.1, 0.15) is 45.1 Å². The van der Waals surface area contributed by atoms with Gasteiger partial charge in [-0.05, 0) is 38.1 Å². The number of benzene rings is 1. The molecule has 0 unspecified atom stereocenters. The molecule has 2 atom stereocenters. The highest BCUT2D eigenvalue weighted by molar-refractivity contribution is 6.22. The molecule has 1 aromatic heterocycles. The van der Waals surface area contributed by atoms with Gasteiger partial charge in [-0.15, -0.1) is 0 Å². The van der Waals surface area contributed by atoms with Gasteiger partial charge in [0.15, 0.2) is 11.9 Å². The summed E-state index contributed by atoms with van der Waals surface area (Å²) in [6, 6.07) is 8.35. The van der Waals surface area contributed by atoms with Crippen LogP contribution in [-0.4, -0.2) is 82.6 Å². The van der Waals surface area contributed by atoms with Crippen molar-refractivity contribution in [3.8, 4) is 0 Å². The number of esters is 1. The highest BCUT2D eigenvalue weighted by atomic mass is 16.5. The molecule has 0 radical (unpaired) electrons. The smallest absolute Gasteiger partial charge is 0.329 e. The number of fused-ring (bicyclic) bond motifs is 1. The maximum Gasteiger partial charge on any atom is 0.329 e. The summed E-state index contributed by atoms with van der Waals surface area (Å²) in [6.07, 6.45) is 0.314. The van der Waals surface area contributed by atoms with Crippen LogP contribution < -0.4 is 0 Å². The molecule has 10 heteroatoms. The first-order valence-corrected chi connectivity index (χ1v) is 10.6. The SMILES string of the molecule is C[C@@H](OC(=O)[C@H](C)N1C(=O)c2ccccc2C1=O)C(=O)N1CCN(C(=O)c2ccco2)CC1. The molecule has 0 saturated carbocycles. The van der Waals surface area contributed by atoms with Crippen LogP contribution in [0.5, 0.6) is 0 Å². The Morgan fingerprint density at radius 1 is 0.879 bits per heavy atom. The van der Waals surface area contributed by atoms with Gasteiger partial charge in [0.2, 0.25) is 0 Å². The molecule has 10 nitrogen and oxygen atoms in total. The molecule has 4 rings (SSSR count). The van der Waals surface area contributed by atoms with Crippen molar-refractivity contribution < 1.29 is 33.1 Å². The highest BCUT2D eigenvalue weighted by Gasteiger charge is 2.42. The standard InChI is InChI=1S/C23H23N3O7/c1-14(26-20(28)16-6-3-4-7-17(16)21(26)29)23(31)33-15(2)19(27)24-9-11-25(12-10-24)22(30)18-8-5-13-32-18/h3-8,13-15H,9-12H2,1-2H3/t14-,15+/m0/s1. The molecule has 0 bridgehead atoms. The van der Waals surface area contributed by atoms with Crippen LogP contribution in [0.4, 0.5) is 0 Å². The number of hydrogen-bond acceptors (Lipinski definition) is 7. The van der Waals surface area contributed by atoms with Gasteiger partial charge >= 0.3 is 5.97 Å². The average molecular weight is 453 g/mol. The van der Waals surface area contributed by atoms with Crippen molar-refractivity contribution in [1.82, 2.24) is 14.7 Å². The summed E-state index contributed by atoms with van der Waals surface area (Å²) in [5.41, 5.74) is 0.460. The number of imide groups is 1. The Morgan fingerprint density at radius 3 is 2.00 bits per heavy atom. The highest BCUT2D eigenvalue weighted by Crippen LogP contribution is 2.25. The van der Waals surface area contributed by atoms with Crippen LogP contribution in [0.2, 0.25) is 0 Å². The van der Waals surface area contributed by atoms with Gasteiger partial charge in [0, 0.05) is 26.2 Å². The average Bonchev–Trinajstić information content (AvgIpc) is 3.45. The van der Waals surface area contributed by atoms with E-state index in [1.807, 2.05) is 0 Å². The van der Waals surface area contributed by atoms with Gasteiger partial charge in [-0.2, -0.15) is 0 Å². The quantitative estimate of drug-likeness (QED) is 0.493. The zero-order chi connectivity index (χ0) is 23.7. The normalized spacial score (nSPS) is 17.6. The van der Waals surface area contributed by atoms with E-state index in [0.717, 1.165) is 4.90 Å². The predicted molar refractivity (Wildman–Crippen MR) is 113 cm³/mol. The fourth-order valence-electron chi connectivity index (χ4n) is 3.93. The van der Waals surface area contributed by atoms with E-state index in [0.29, 0.717) is 13.1 Å². The zero-order valence-corrected chi connectivity index (χ0v) is 18.2. The van der Waals surface area contributed by atoms with E-state index >= 15 is 0 Å². The van der Waals surface area contributed by atoms with Gasteiger partial charge in [0.1, 0.15) is 6.04 Å². The predicted octanol–water partition coefficient (Wildman–Crippen LogP) is 1.18. The molecular weight excluding hydrogens is 430 g/mol. The Hall–Kier alpha value is -3.95. The van der Waals surface area contributed by atoms with Crippen molar-refractivity contribution >= 4 is 29.6 Å². The fraction of sp³-hybridized carbons (Fsp3) is 0.348. The number of amides is 4. The molecule has 33 heavy (non-hydrogen) atoms. The van der Waals surface area contributed by atoms with E-state index in [1.54, 1.807) is 29.2 Å². The first-order valence-electron chi connectivity index (χ1n) is 10.6. The Morgan fingerprint density at radius 2 is 1.45 bits per heavy atom. The molecule has 0 aliphatic carbocycles. The van der Waals surface area contributed by atoms with Crippen molar-refractivity contribution in [2.75, 3.05) is 26.2 Å². The summed E-state index contributed by atoms with van der Waals surface area (Å²) in [6.45, 7) is 4.02. The molecule has 1 aromatic carbocycles. The Balaban J connectivity index is 1.32. The van der Waals surface area contributed by atoms with Gasteiger partial charge in [0.05, 0.1) is 17.4 Å². The van der Waals surface area contributed by atoms with Gasteiger partial charge < -0.3 is 19.0 Å². The van der Waals surface area contributed by atoms with Crippen LogP contribution >= 0.6 is 0 Å². The largest absolute Gasteiger partial charge is 0.459 e. The number of ether oxygens (including phenoxy) is 1. The third kappa shape index (κ3) is 4.11. The van der Waals surface area contributed by atoms with Crippen molar-refractivity contribution in [3.05, 3.63) is 59.5 Å². The monoisotopic (exact) mass is 453 g/mol. The second-order valence-electron chi connectivity index (χ2n) is 7.88. The van der Waals surface area contributed by atoms with Crippen molar-refractivity contribution in [2.24, 2.45) is 0 Å².